The Hall–Kier alpha value is -3.04. The second-order valence-electron chi connectivity index (χ2n) is 5.88. The first-order chi connectivity index (χ1) is 11.7. The zero-order chi connectivity index (χ0) is 18.4. The number of anilines is 1. The number of hydrogen-bond donors (Lipinski definition) is 4. The van der Waals surface area contributed by atoms with Crippen LogP contribution in [0.2, 0.25) is 0 Å². The average Bonchev–Trinajstić information content (AvgIpc) is 2.94. The van der Waals surface area contributed by atoms with Gasteiger partial charge in [-0.2, -0.15) is 8.78 Å². The van der Waals surface area contributed by atoms with E-state index in [1.54, 1.807) is 0 Å². The van der Waals surface area contributed by atoms with E-state index in [4.69, 9.17) is 5.73 Å². The summed E-state index contributed by atoms with van der Waals surface area (Å²) in [5.41, 5.74) is 5.95. The second-order valence-corrected chi connectivity index (χ2v) is 5.88. The highest BCUT2D eigenvalue weighted by molar-refractivity contribution is 6.11. The lowest BCUT2D eigenvalue weighted by Crippen LogP contribution is -2.52. The number of nitrogen functional groups attached to an aromatic ring is 1. The molecule has 2 aromatic rings. The molecule has 3 amide bonds. The van der Waals surface area contributed by atoms with Crippen molar-refractivity contribution in [3.8, 4) is 0 Å². The minimum Gasteiger partial charge on any atom is -0.398 e. The number of hydrogen-bond acceptors (Lipinski definition) is 5. The molecule has 1 aromatic heterocycles. The molecule has 25 heavy (non-hydrogen) atoms. The molecule has 1 aliphatic heterocycles. The van der Waals surface area contributed by atoms with E-state index in [1.807, 2.05) is 0 Å². The van der Waals surface area contributed by atoms with E-state index in [2.05, 4.69) is 20.6 Å². The normalized spacial score (nSPS) is 18.3. The first-order valence-corrected chi connectivity index (χ1v) is 7.48. The number of halogens is 2. The quantitative estimate of drug-likeness (QED) is 0.480. The number of H-pyrrole nitrogens is 1. The number of aromatic amines is 1. The maximum Gasteiger partial charge on any atom is 0.301 e. The van der Waals surface area contributed by atoms with Crippen molar-refractivity contribution in [2.45, 2.75) is 31.7 Å². The van der Waals surface area contributed by atoms with Crippen LogP contribution < -0.4 is 16.4 Å². The molecule has 0 radical (unpaired) electrons. The Balaban J connectivity index is 1.95. The minimum atomic E-state index is -3.22. The van der Waals surface area contributed by atoms with Crippen LogP contribution in [0.25, 0.3) is 11.0 Å². The van der Waals surface area contributed by atoms with E-state index in [0.717, 1.165) is 0 Å². The van der Waals surface area contributed by atoms with Crippen LogP contribution >= 0.6 is 0 Å². The third kappa shape index (κ3) is 3.14. The van der Waals surface area contributed by atoms with E-state index in [9.17, 15) is 23.2 Å². The molecular formula is C15H15F2N5O3. The number of carbonyl (C=O) groups is 3. The molecule has 1 aliphatic rings. The fourth-order valence-electron chi connectivity index (χ4n) is 2.60. The highest BCUT2D eigenvalue weighted by Crippen LogP contribution is 2.29. The fraction of sp³-hybridized carbons (Fsp3) is 0.333. The molecule has 5 N–H and O–H groups in total. The number of nitrogens with zero attached hydrogens (tertiary/aromatic N) is 1. The molecule has 1 unspecified atom stereocenters. The third-order valence-corrected chi connectivity index (χ3v) is 3.87. The smallest absolute Gasteiger partial charge is 0.301 e. The van der Waals surface area contributed by atoms with Gasteiger partial charge in [0.05, 0.1) is 11.1 Å². The Labute approximate surface area is 140 Å². The summed E-state index contributed by atoms with van der Waals surface area (Å²) in [4.78, 5) is 41.7. The Morgan fingerprint density at radius 2 is 2.12 bits per heavy atom. The van der Waals surface area contributed by atoms with Gasteiger partial charge in [0.2, 0.25) is 11.8 Å². The topological polar surface area (TPSA) is 130 Å². The number of aromatic nitrogens is 2. The molecule has 132 valence electrons. The maximum absolute atomic E-state index is 13.5. The van der Waals surface area contributed by atoms with Crippen LogP contribution in [-0.2, 0) is 15.5 Å². The highest BCUT2D eigenvalue weighted by atomic mass is 19.3. The maximum atomic E-state index is 13.5. The van der Waals surface area contributed by atoms with Gasteiger partial charge in [0, 0.05) is 19.0 Å². The fourth-order valence-corrected chi connectivity index (χ4v) is 2.60. The first kappa shape index (κ1) is 16.8. The zero-order valence-electron chi connectivity index (χ0n) is 13.2. The van der Waals surface area contributed by atoms with Crippen molar-refractivity contribution in [3.63, 3.8) is 0 Å². The Bertz CT molecular complexity index is 887. The average molecular weight is 351 g/mol. The highest BCUT2D eigenvalue weighted by Gasteiger charge is 2.32. The number of nitrogens with one attached hydrogen (secondary N) is 3. The Morgan fingerprint density at radius 1 is 1.40 bits per heavy atom. The summed E-state index contributed by atoms with van der Waals surface area (Å²) in [6, 6.07) is 1.92. The molecule has 10 heteroatoms. The first-order valence-electron chi connectivity index (χ1n) is 7.48. The molecule has 1 aromatic carbocycles. The summed E-state index contributed by atoms with van der Waals surface area (Å²) in [7, 11) is 0. The molecule has 2 heterocycles. The molecule has 8 nitrogen and oxygen atoms in total. The van der Waals surface area contributed by atoms with Gasteiger partial charge in [0.1, 0.15) is 11.6 Å². The summed E-state index contributed by atoms with van der Waals surface area (Å²) < 4.78 is 27.0. The number of benzene rings is 1. The van der Waals surface area contributed by atoms with E-state index < -0.39 is 35.5 Å². The number of fused-ring (bicyclic) bond motifs is 1. The number of amides is 3. The van der Waals surface area contributed by atoms with Gasteiger partial charge >= 0.3 is 5.92 Å². The molecule has 1 saturated heterocycles. The third-order valence-electron chi connectivity index (χ3n) is 3.87. The van der Waals surface area contributed by atoms with Crippen molar-refractivity contribution in [2.75, 3.05) is 5.73 Å². The van der Waals surface area contributed by atoms with Gasteiger partial charge in [-0.3, -0.25) is 19.7 Å². The number of piperidine rings is 1. The molecule has 0 bridgehead atoms. The number of nitrogens with two attached hydrogens (primary N) is 1. The summed E-state index contributed by atoms with van der Waals surface area (Å²) >= 11 is 0. The van der Waals surface area contributed by atoms with Crippen LogP contribution in [0.1, 0.15) is 35.9 Å². The molecule has 1 atom stereocenters. The number of imide groups is 1. The number of imidazole rings is 1. The Morgan fingerprint density at radius 3 is 2.76 bits per heavy atom. The van der Waals surface area contributed by atoms with Crippen molar-refractivity contribution >= 4 is 34.4 Å². The zero-order valence-corrected chi connectivity index (χ0v) is 13.2. The van der Waals surface area contributed by atoms with Gasteiger partial charge in [-0.05, 0) is 18.6 Å². The lowest BCUT2D eigenvalue weighted by Gasteiger charge is -2.22. The van der Waals surface area contributed by atoms with Crippen molar-refractivity contribution in [3.05, 3.63) is 23.5 Å². The van der Waals surface area contributed by atoms with E-state index >= 15 is 0 Å². The van der Waals surface area contributed by atoms with Crippen molar-refractivity contribution in [2.24, 2.45) is 0 Å². The number of alkyl halides is 2. The van der Waals surface area contributed by atoms with E-state index in [0.29, 0.717) is 6.92 Å². The van der Waals surface area contributed by atoms with Gasteiger partial charge in [-0.15, -0.1) is 0 Å². The molecular weight excluding hydrogens is 336 g/mol. The minimum absolute atomic E-state index is 0.0127. The van der Waals surface area contributed by atoms with Crippen molar-refractivity contribution < 1.29 is 23.2 Å². The van der Waals surface area contributed by atoms with E-state index in [-0.39, 0.29) is 35.1 Å². The van der Waals surface area contributed by atoms with Crippen molar-refractivity contribution in [1.82, 2.24) is 20.6 Å². The molecule has 0 spiro atoms. The predicted octanol–water partition coefficient (Wildman–Crippen LogP) is 0.792. The largest absolute Gasteiger partial charge is 0.398 e. The number of rotatable bonds is 3. The van der Waals surface area contributed by atoms with Crippen LogP contribution in [0, 0.1) is 0 Å². The van der Waals surface area contributed by atoms with Crippen LogP contribution in [0.15, 0.2) is 12.1 Å². The molecule has 0 saturated carbocycles. The van der Waals surface area contributed by atoms with Crippen LogP contribution in [0.3, 0.4) is 0 Å². The monoisotopic (exact) mass is 351 g/mol. The summed E-state index contributed by atoms with van der Waals surface area (Å²) in [6.45, 7) is 0.678. The van der Waals surface area contributed by atoms with Crippen LogP contribution in [0.5, 0.6) is 0 Å². The van der Waals surface area contributed by atoms with Gasteiger partial charge in [0.15, 0.2) is 5.82 Å². The summed E-state index contributed by atoms with van der Waals surface area (Å²) in [6.07, 6.45) is 0.232. The molecule has 1 fully saturated rings. The van der Waals surface area contributed by atoms with Gasteiger partial charge in [-0.1, -0.05) is 0 Å². The lowest BCUT2D eigenvalue weighted by molar-refractivity contribution is -0.134. The number of carbonyl (C=O) groups excluding carboxylic acids is 3. The SMILES string of the molecule is CC(F)(F)c1nc2c(C(=O)NC3CCC(=O)NC3=O)c(N)ccc2[nH]1. The van der Waals surface area contributed by atoms with E-state index in [1.165, 1.54) is 12.1 Å². The lowest BCUT2D eigenvalue weighted by atomic mass is 10.0. The van der Waals surface area contributed by atoms with Crippen LogP contribution in [-0.4, -0.2) is 33.7 Å². The predicted molar refractivity (Wildman–Crippen MR) is 83.7 cm³/mol. The van der Waals surface area contributed by atoms with Gasteiger partial charge in [-0.25, -0.2) is 4.98 Å². The second kappa shape index (κ2) is 5.80. The van der Waals surface area contributed by atoms with Gasteiger partial charge in [0.25, 0.3) is 5.91 Å². The summed E-state index contributed by atoms with van der Waals surface area (Å²) in [5.74, 6) is -5.58. The van der Waals surface area contributed by atoms with Gasteiger partial charge < -0.3 is 16.0 Å². The standard InChI is InChI=1S/C15H15F2N5O3/c1-15(16,17)14-20-7-3-2-6(18)10(11(7)22-14)13(25)19-8-4-5-9(23)21-12(8)24/h2-3,8H,4-5,18H2,1H3,(H,19,25)(H,20,22)(H,21,23,24). The Kier molecular flexibility index (Phi) is 3.90. The summed E-state index contributed by atoms with van der Waals surface area (Å²) in [5, 5.41) is 4.58. The van der Waals surface area contributed by atoms with Crippen LogP contribution in [0.4, 0.5) is 14.5 Å². The molecule has 3 rings (SSSR count). The van der Waals surface area contributed by atoms with Crippen molar-refractivity contribution in [1.29, 1.82) is 0 Å². The molecule has 0 aliphatic carbocycles.